The Morgan fingerprint density at radius 3 is 2.65 bits per heavy atom. The van der Waals surface area contributed by atoms with Crippen LogP contribution in [0.2, 0.25) is 0 Å². The Hall–Kier alpha value is -3.47. The molecule has 0 aliphatic heterocycles. The van der Waals surface area contributed by atoms with Gasteiger partial charge >= 0.3 is 6.09 Å². The smallest absolute Gasteiger partial charge is 0.407 e. The lowest BCUT2D eigenvalue weighted by molar-refractivity contribution is 0.0533. The second kappa shape index (κ2) is 12.1. The van der Waals surface area contributed by atoms with Crippen molar-refractivity contribution in [1.29, 1.82) is 0 Å². The van der Waals surface area contributed by atoms with Gasteiger partial charge in [0.15, 0.2) is 6.29 Å². The number of anilines is 1. The van der Waals surface area contributed by atoms with Gasteiger partial charge in [0.1, 0.15) is 16.3 Å². The third-order valence-corrected chi connectivity index (χ3v) is 5.52. The predicted molar refractivity (Wildman–Crippen MR) is 135 cm³/mol. The molecule has 2 rings (SSSR count). The van der Waals surface area contributed by atoms with Crippen molar-refractivity contribution in [2.45, 2.75) is 46.8 Å². The number of aromatic nitrogens is 2. The van der Waals surface area contributed by atoms with E-state index >= 15 is 0 Å². The van der Waals surface area contributed by atoms with E-state index in [0.29, 0.717) is 34.3 Å². The number of ether oxygens (including phenoxy) is 1. The third-order valence-electron chi connectivity index (χ3n) is 4.41. The molecule has 2 amide bonds. The van der Waals surface area contributed by atoms with E-state index < -0.39 is 11.7 Å². The fourth-order valence-corrected chi connectivity index (χ4v) is 3.91. The maximum absolute atomic E-state index is 12.8. The van der Waals surface area contributed by atoms with Crippen LogP contribution in [0.25, 0.3) is 0 Å². The summed E-state index contributed by atoms with van der Waals surface area (Å²) in [5, 5.41) is 10.6. The van der Waals surface area contributed by atoms with Crippen molar-refractivity contribution in [3.8, 4) is 0 Å². The molecule has 0 aliphatic rings. The van der Waals surface area contributed by atoms with Crippen LogP contribution in [-0.4, -0.2) is 60.1 Å². The van der Waals surface area contributed by atoms with Crippen LogP contribution in [0.4, 0.5) is 15.5 Å². The van der Waals surface area contributed by atoms with Crippen molar-refractivity contribution in [2.75, 3.05) is 24.7 Å². The molecular formula is C23H32N6O4S. The molecule has 2 heterocycles. The zero-order chi connectivity index (χ0) is 25.3. The summed E-state index contributed by atoms with van der Waals surface area (Å²) >= 11 is 1.26. The SMILES string of the molecule is C=Nc1cc(C=O)sc1N(C/C=C/CNC(=O)OC(C)(C)C)CNC(=O)c1cc(C)nn1CC. The van der Waals surface area contributed by atoms with E-state index in [9.17, 15) is 14.4 Å². The largest absolute Gasteiger partial charge is 0.444 e. The fraction of sp³-hybridized carbons (Fsp3) is 0.435. The number of rotatable bonds is 11. The molecule has 11 heteroatoms. The summed E-state index contributed by atoms with van der Waals surface area (Å²) in [6.07, 6.45) is 3.87. The van der Waals surface area contributed by atoms with E-state index in [4.69, 9.17) is 4.74 Å². The van der Waals surface area contributed by atoms with Gasteiger partial charge in [-0.15, -0.1) is 11.3 Å². The topological polar surface area (TPSA) is 118 Å². The number of carbonyl (C=O) groups is 3. The van der Waals surface area contributed by atoms with E-state index in [1.165, 1.54) is 11.3 Å². The predicted octanol–water partition coefficient (Wildman–Crippen LogP) is 3.69. The van der Waals surface area contributed by atoms with Gasteiger partial charge in [-0.3, -0.25) is 19.3 Å². The van der Waals surface area contributed by atoms with Crippen LogP contribution in [0.1, 0.15) is 53.5 Å². The number of aliphatic imine (C=N–C) groups is 1. The molecule has 2 aromatic heterocycles. The first-order valence-electron chi connectivity index (χ1n) is 10.8. The summed E-state index contributed by atoms with van der Waals surface area (Å²) in [6.45, 7) is 14.1. The molecule has 0 saturated heterocycles. The Labute approximate surface area is 203 Å². The molecule has 0 fully saturated rings. The number of nitrogens with zero attached hydrogens (tertiary/aromatic N) is 4. The molecule has 184 valence electrons. The number of alkyl carbamates (subject to hydrolysis) is 1. The average molecular weight is 489 g/mol. The average Bonchev–Trinajstić information content (AvgIpc) is 3.37. The van der Waals surface area contributed by atoms with Gasteiger partial charge in [0.05, 0.1) is 22.9 Å². The number of carbonyl (C=O) groups excluding carboxylic acids is 3. The van der Waals surface area contributed by atoms with Gasteiger partial charge in [-0.2, -0.15) is 5.10 Å². The quantitative estimate of drug-likeness (QED) is 0.216. The van der Waals surface area contributed by atoms with Crippen LogP contribution in [0.5, 0.6) is 0 Å². The van der Waals surface area contributed by atoms with Crippen molar-refractivity contribution in [3.63, 3.8) is 0 Å². The van der Waals surface area contributed by atoms with E-state index in [0.717, 1.165) is 12.0 Å². The molecule has 0 radical (unpaired) electrons. The van der Waals surface area contributed by atoms with Crippen molar-refractivity contribution in [1.82, 2.24) is 20.4 Å². The number of nitrogens with one attached hydrogen (secondary N) is 2. The van der Waals surface area contributed by atoms with Crippen molar-refractivity contribution in [3.05, 3.63) is 40.5 Å². The molecule has 0 atom stereocenters. The van der Waals surface area contributed by atoms with Gasteiger partial charge in [0, 0.05) is 19.6 Å². The Balaban J connectivity index is 2.10. The molecule has 0 unspecified atom stereocenters. The minimum absolute atomic E-state index is 0.165. The lowest BCUT2D eigenvalue weighted by atomic mass is 10.2. The Bertz CT molecular complexity index is 1050. The third kappa shape index (κ3) is 7.84. The van der Waals surface area contributed by atoms with Crippen LogP contribution in [0.15, 0.2) is 29.3 Å². The first-order chi connectivity index (χ1) is 16.1. The number of hydrogen-bond donors (Lipinski definition) is 2. The summed E-state index contributed by atoms with van der Waals surface area (Å²) in [6, 6.07) is 3.38. The van der Waals surface area contributed by atoms with Gasteiger partial charge in [0.2, 0.25) is 0 Å². The first kappa shape index (κ1) is 26.8. The normalized spacial score (nSPS) is 11.3. The second-order valence-corrected chi connectivity index (χ2v) is 9.40. The monoisotopic (exact) mass is 488 g/mol. The van der Waals surface area contributed by atoms with Gasteiger partial charge in [-0.1, -0.05) is 12.2 Å². The van der Waals surface area contributed by atoms with Gasteiger partial charge in [-0.25, -0.2) is 4.79 Å². The molecule has 2 aromatic rings. The number of thiophene rings is 1. The number of aldehydes is 1. The molecule has 0 spiro atoms. The molecule has 34 heavy (non-hydrogen) atoms. The van der Waals surface area contributed by atoms with E-state index in [-0.39, 0.29) is 19.1 Å². The highest BCUT2D eigenvalue weighted by atomic mass is 32.1. The van der Waals surface area contributed by atoms with E-state index in [2.05, 4.69) is 27.4 Å². The maximum Gasteiger partial charge on any atom is 0.407 e. The Morgan fingerprint density at radius 2 is 2.03 bits per heavy atom. The number of hydrogen-bond acceptors (Lipinski definition) is 8. The molecule has 0 bridgehead atoms. The standard InChI is InChI=1S/C23H32N6O4S/c1-7-29-19(12-16(2)27-29)20(31)26-15-28(21-18(24-6)13-17(14-30)34-21)11-9-8-10-25-22(32)33-23(3,4)5/h8-9,12-14H,6-7,10-11,15H2,1-5H3,(H,25,32)(H,26,31)/b9-8+. The minimum atomic E-state index is -0.571. The Morgan fingerprint density at radius 1 is 1.29 bits per heavy atom. The molecule has 10 nitrogen and oxygen atoms in total. The first-order valence-corrected chi connectivity index (χ1v) is 11.6. The van der Waals surface area contributed by atoms with Gasteiger partial charge in [-0.05, 0) is 53.5 Å². The highest BCUT2D eigenvalue weighted by molar-refractivity contribution is 7.18. The minimum Gasteiger partial charge on any atom is -0.444 e. The zero-order valence-corrected chi connectivity index (χ0v) is 21.1. The maximum atomic E-state index is 12.8. The van der Waals surface area contributed by atoms with Gasteiger partial charge < -0.3 is 20.3 Å². The van der Waals surface area contributed by atoms with Crippen LogP contribution in [0.3, 0.4) is 0 Å². The van der Waals surface area contributed by atoms with Crippen molar-refractivity contribution >= 4 is 47.0 Å². The van der Waals surface area contributed by atoms with Crippen LogP contribution in [-0.2, 0) is 11.3 Å². The fourth-order valence-electron chi connectivity index (χ4n) is 2.98. The van der Waals surface area contributed by atoms with E-state index in [1.807, 2.05) is 24.8 Å². The second-order valence-electron chi connectivity index (χ2n) is 8.34. The number of amides is 2. The summed E-state index contributed by atoms with van der Waals surface area (Å²) in [5.74, 6) is -0.261. The van der Waals surface area contributed by atoms with Crippen molar-refractivity contribution < 1.29 is 19.1 Å². The van der Waals surface area contributed by atoms with Crippen LogP contribution < -0.4 is 15.5 Å². The highest BCUT2D eigenvalue weighted by Crippen LogP contribution is 2.37. The van der Waals surface area contributed by atoms with Gasteiger partial charge in [0.25, 0.3) is 5.91 Å². The summed E-state index contributed by atoms with van der Waals surface area (Å²) in [7, 11) is 0. The summed E-state index contributed by atoms with van der Waals surface area (Å²) in [5.41, 5.74) is 1.21. The molecule has 2 N–H and O–H groups in total. The molecule has 0 saturated carbocycles. The molecular weight excluding hydrogens is 456 g/mol. The van der Waals surface area contributed by atoms with Crippen LogP contribution in [0, 0.1) is 6.92 Å². The van der Waals surface area contributed by atoms with Crippen LogP contribution >= 0.6 is 11.3 Å². The Kier molecular flexibility index (Phi) is 9.55. The molecule has 0 aliphatic carbocycles. The summed E-state index contributed by atoms with van der Waals surface area (Å²) < 4.78 is 6.85. The number of aryl methyl sites for hydroxylation is 2. The zero-order valence-electron chi connectivity index (χ0n) is 20.3. The highest BCUT2D eigenvalue weighted by Gasteiger charge is 2.18. The van der Waals surface area contributed by atoms with Crippen molar-refractivity contribution in [2.24, 2.45) is 4.99 Å². The summed E-state index contributed by atoms with van der Waals surface area (Å²) in [4.78, 5) is 42.2. The lowest BCUT2D eigenvalue weighted by Gasteiger charge is -2.23. The van der Waals surface area contributed by atoms with E-state index in [1.54, 1.807) is 43.7 Å². The molecule has 0 aromatic carbocycles. The lowest BCUT2D eigenvalue weighted by Crippen LogP contribution is -2.38.